The van der Waals surface area contributed by atoms with Gasteiger partial charge in [0, 0.05) is 10.0 Å². The zero-order chi connectivity index (χ0) is 15.4. The van der Waals surface area contributed by atoms with Crippen molar-refractivity contribution in [2.75, 3.05) is 13.7 Å². The van der Waals surface area contributed by atoms with Gasteiger partial charge in [-0.05, 0) is 59.3 Å². The lowest BCUT2D eigenvalue weighted by Crippen LogP contribution is -2.04. The number of ether oxygens (including phenoxy) is 2. The van der Waals surface area contributed by atoms with Gasteiger partial charge in [0.1, 0.15) is 11.5 Å². The number of benzene rings is 2. The molecule has 0 radical (unpaired) electrons. The van der Waals surface area contributed by atoms with Gasteiger partial charge in [-0.2, -0.15) is 0 Å². The van der Waals surface area contributed by atoms with Gasteiger partial charge in [-0.3, -0.25) is 4.79 Å². The molecule has 0 aliphatic carbocycles. The molecule has 0 aliphatic rings. The molecule has 0 saturated carbocycles. The maximum absolute atomic E-state index is 12.6. The highest BCUT2D eigenvalue weighted by Crippen LogP contribution is 2.30. The molecule has 5 heteroatoms. The van der Waals surface area contributed by atoms with Crippen LogP contribution in [0.3, 0.4) is 0 Å². The van der Waals surface area contributed by atoms with Crippen molar-refractivity contribution in [1.29, 1.82) is 0 Å². The Balaban J connectivity index is 2.38. The van der Waals surface area contributed by atoms with Crippen LogP contribution >= 0.6 is 31.9 Å². The lowest BCUT2D eigenvalue weighted by molar-refractivity contribution is 0.103. The fraction of sp³-hybridized carbons (Fsp3) is 0.188. The summed E-state index contributed by atoms with van der Waals surface area (Å²) in [6.07, 6.45) is 0. The second-order valence-electron chi connectivity index (χ2n) is 4.25. The summed E-state index contributed by atoms with van der Waals surface area (Å²) in [5.41, 5.74) is 1.10. The van der Waals surface area contributed by atoms with Gasteiger partial charge in [0.25, 0.3) is 0 Å². The molecule has 0 unspecified atom stereocenters. The van der Waals surface area contributed by atoms with E-state index in [1.54, 1.807) is 37.4 Å². The lowest BCUT2D eigenvalue weighted by atomic mass is 10.0. The van der Waals surface area contributed by atoms with E-state index in [-0.39, 0.29) is 5.78 Å². The topological polar surface area (TPSA) is 35.5 Å². The molecule has 0 aliphatic heterocycles. The molecular formula is C16H14Br2O3. The Labute approximate surface area is 140 Å². The Morgan fingerprint density at radius 2 is 1.86 bits per heavy atom. The van der Waals surface area contributed by atoms with E-state index in [4.69, 9.17) is 9.47 Å². The summed E-state index contributed by atoms with van der Waals surface area (Å²) >= 11 is 6.79. The van der Waals surface area contributed by atoms with Gasteiger partial charge in [-0.1, -0.05) is 15.9 Å². The molecule has 0 heterocycles. The Morgan fingerprint density at radius 1 is 1.10 bits per heavy atom. The van der Waals surface area contributed by atoms with Gasteiger partial charge in [-0.15, -0.1) is 0 Å². The van der Waals surface area contributed by atoms with Crippen LogP contribution in [0.1, 0.15) is 22.8 Å². The van der Waals surface area contributed by atoms with Crippen LogP contribution in [-0.2, 0) is 0 Å². The third-order valence-corrected chi connectivity index (χ3v) is 4.02. The van der Waals surface area contributed by atoms with Crippen molar-refractivity contribution in [3.8, 4) is 11.5 Å². The maximum atomic E-state index is 12.6. The minimum absolute atomic E-state index is 0.0944. The average Bonchev–Trinajstić information content (AvgIpc) is 2.48. The first kappa shape index (κ1) is 16.0. The Hall–Kier alpha value is -1.33. The molecule has 0 atom stereocenters. The first-order valence-electron chi connectivity index (χ1n) is 6.37. The largest absolute Gasteiger partial charge is 0.496 e. The number of halogens is 2. The third kappa shape index (κ3) is 3.66. The van der Waals surface area contributed by atoms with Crippen LogP contribution in [0, 0.1) is 0 Å². The van der Waals surface area contributed by atoms with Gasteiger partial charge in [0.2, 0.25) is 0 Å². The van der Waals surface area contributed by atoms with Gasteiger partial charge < -0.3 is 9.47 Å². The fourth-order valence-electron chi connectivity index (χ4n) is 1.92. The molecule has 0 amide bonds. The van der Waals surface area contributed by atoms with E-state index in [1.165, 1.54) is 0 Å². The van der Waals surface area contributed by atoms with Crippen molar-refractivity contribution in [3.63, 3.8) is 0 Å². The van der Waals surface area contributed by atoms with E-state index in [0.717, 1.165) is 14.7 Å². The molecule has 0 aromatic heterocycles. The minimum atomic E-state index is -0.0944. The Morgan fingerprint density at radius 3 is 2.48 bits per heavy atom. The van der Waals surface area contributed by atoms with Crippen LogP contribution in [-0.4, -0.2) is 19.5 Å². The molecule has 0 spiro atoms. The highest BCUT2D eigenvalue weighted by atomic mass is 79.9. The van der Waals surface area contributed by atoms with Crippen molar-refractivity contribution >= 4 is 37.6 Å². The summed E-state index contributed by atoms with van der Waals surface area (Å²) in [4.78, 5) is 12.6. The Kier molecular flexibility index (Phi) is 5.42. The number of carbonyl (C=O) groups excluding carboxylic acids is 1. The maximum Gasteiger partial charge on any atom is 0.196 e. The molecule has 2 aromatic carbocycles. The molecule has 3 nitrogen and oxygen atoms in total. The Bertz CT molecular complexity index is 669. The summed E-state index contributed by atoms with van der Waals surface area (Å²) in [6.45, 7) is 2.49. The molecule has 2 aromatic rings. The summed E-state index contributed by atoms with van der Waals surface area (Å²) < 4.78 is 12.3. The summed E-state index contributed by atoms with van der Waals surface area (Å²) in [7, 11) is 1.55. The van der Waals surface area contributed by atoms with E-state index in [9.17, 15) is 4.79 Å². The van der Waals surface area contributed by atoms with E-state index >= 15 is 0 Å². The van der Waals surface area contributed by atoms with Crippen molar-refractivity contribution in [2.45, 2.75) is 6.92 Å². The van der Waals surface area contributed by atoms with Gasteiger partial charge >= 0.3 is 0 Å². The summed E-state index contributed by atoms with van der Waals surface area (Å²) in [6, 6.07) is 10.6. The van der Waals surface area contributed by atoms with Crippen molar-refractivity contribution in [1.82, 2.24) is 0 Å². The van der Waals surface area contributed by atoms with Gasteiger partial charge in [-0.25, -0.2) is 0 Å². The van der Waals surface area contributed by atoms with Crippen molar-refractivity contribution < 1.29 is 14.3 Å². The van der Waals surface area contributed by atoms with E-state index in [1.807, 2.05) is 13.0 Å². The zero-order valence-electron chi connectivity index (χ0n) is 11.7. The first-order chi connectivity index (χ1) is 10.1. The van der Waals surface area contributed by atoms with E-state index in [2.05, 4.69) is 31.9 Å². The van der Waals surface area contributed by atoms with Crippen LogP contribution in [0.2, 0.25) is 0 Å². The predicted octanol–water partition coefficient (Wildman–Crippen LogP) is 4.85. The monoisotopic (exact) mass is 412 g/mol. The fourth-order valence-corrected chi connectivity index (χ4v) is 2.76. The summed E-state index contributed by atoms with van der Waals surface area (Å²) in [5.74, 6) is 1.17. The average molecular weight is 414 g/mol. The van der Waals surface area contributed by atoms with Crippen LogP contribution in [0.4, 0.5) is 0 Å². The molecule has 0 bridgehead atoms. The van der Waals surface area contributed by atoms with E-state index in [0.29, 0.717) is 23.5 Å². The standard InChI is InChI=1S/C16H14Br2O3/c1-3-21-14-7-4-10(8-13(14)18)16(19)12-6-5-11(17)9-15(12)20-2/h4-9H,3H2,1-2H3. The lowest BCUT2D eigenvalue weighted by Gasteiger charge is -2.10. The SMILES string of the molecule is CCOc1ccc(C(=O)c2ccc(Br)cc2OC)cc1Br. The molecule has 0 fully saturated rings. The first-order valence-corrected chi connectivity index (χ1v) is 7.96. The number of ketones is 1. The molecule has 110 valence electrons. The van der Waals surface area contributed by atoms with Gasteiger partial charge in [0.05, 0.1) is 23.8 Å². The molecule has 21 heavy (non-hydrogen) atoms. The number of rotatable bonds is 5. The highest BCUT2D eigenvalue weighted by Gasteiger charge is 2.16. The van der Waals surface area contributed by atoms with Crippen molar-refractivity contribution in [3.05, 3.63) is 56.5 Å². The normalized spacial score (nSPS) is 10.3. The molecule has 2 rings (SSSR count). The van der Waals surface area contributed by atoms with Crippen LogP contribution in [0.15, 0.2) is 45.3 Å². The quantitative estimate of drug-likeness (QED) is 0.657. The minimum Gasteiger partial charge on any atom is -0.496 e. The number of carbonyl (C=O) groups is 1. The number of methoxy groups -OCH3 is 1. The second-order valence-corrected chi connectivity index (χ2v) is 6.02. The zero-order valence-corrected chi connectivity index (χ0v) is 14.8. The summed E-state index contributed by atoms with van der Waals surface area (Å²) in [5, 5.41) is 0. The van der Waals surface area contributed by atoms with Crippen LogP contribution in [0.25, 0.3) is 0 Å². The molecule has 0 saturated heterocycles. The van der Waals surface area contributed by atoms with Crippen LogP contribution < -0.4 is 9.47 Å². The highest BCUT2D eigenvalue weighted by molar-refractivity contribution is 9.10. The number of hydrogen-bond donors (Lipinski definition) is 0. The smallest absolute Gasteiger partial charge is 0.196 e. The third-order valence-electron chi connectivity index (χ3n) is 2.90. The number of hydrogen-bond acceptors (Lipinski definition) is 3. The van der Waals surface area contributed by atoms with Crippen LogP contribution in [0.5, 0.6) is 11.5 Å². The molecule has 0 N–H and O–H groups in total. The van der Waals surface area contributed by atoms with E-state index < -0.39 is 0 Å². The predicted molar refractivity (Wildman–Crippen MR) is 89.4 cm³/mol. The second kappa shape index (κ2) is 7.09. The molecular weight excluding hydrogens is 400 g/mol. The van der Waals surface area contributed by atoms with Gasteiger partial charge in [0.15, 0.2) is 5.78 Å². The van der Waals surface area contributed by atoms with Crippen molar-refractivity contribution in [2.24, 2.45) is 0 Å².